The summed E-state index contributed by atoms with van der Waals surface area (Å²) in [4.78, 5) is 15.2. The molecule has 0 fully saturated rings. The summed E-state index contributed by atoms with van der Waals surface area (Å²) >= 11 is 5.74. The van der Waals surface area contributed by atoms with Gasteiger partial charge >= 0.3 is 5.97 Å². The number of nitrogens with zero attached hydrogens (tertiary/aromatic N) is 1. The molecule has 0 saturated carbocycles. The Morgan fingerprint density at radius 2 is 2.13 bits per heavy atom. The van der Waals surface area contributed by atoms with Gasteiger partial charge in [-0.3, -0.25) is 0 Å². The zero-order chi connectivity index (χ0) is 11.4. The third-order valence-electron chi connectivity index (χ3n) is 1.55. The third-order valence-corrected chi connectivity index (χ3v) is 1.74. The number of hydrogen-bond donors (Lipinski definition) is 0. The maximum Gasteiger partial charge on any atom is 0.338 e. The SMILES string of the molecule is COC(=O)c1cc(Cl)nc(OC(C)C)c1. The van der Waals surface area contributed by atoms with Gasteiger partial charge in [0.2, 0.25) is 5.88 Å². The lowest BCUT2D eigenvalue weighted by atomic mass is 10.3. The molecule has 0 aliphatic heterocycles. The number of esters is 1. The third kappa shape index (κ3) is 3.40. The smallest absolute Gasteiger partial charge is 0.338 e. The Hall–Kier alpha value is -1.29. The predicted molar refractivity (Wildman–Crippen MR) is 56.4 cm³/mol. The Morgan fingerprint density at radius 1 is 1.47 bits per heavy atom. The van der Waals surface area contributed by atoms with Crippen molar-refractivity contribution < 1.29 is 14.3 Å². The summed E-state index contributed by atoms with van der Waals surface area (Å²) in [5.41, 5.74) is 0.327. The first kappa shape index (κ1) is 11.8. The van der Waals surface area contributed by atoms with E-state index in [0.717, 1.165) is 0 Å². The molecule has 1 heterocycles. The molecule has 0 spiro atoms. The molecule has 0 atom stereocenters. The predicted octanol–water partition coefficient (Wildman–Crippen LogP) is 2.31. The molecular weight excluding hydrogens is 218 g/mol. The summed E-state index contributed by atoms with van der Waals surface area (Å²) in [5, 5.41) is 0.202. The van der Waals surface area contributed by atoms with Gasteiger partial charge in [0, 0.05) is 6.07 Å². The van der Waals surface area contributed by atoms with Gasteiger partial charge in [-0.2, -0.15) is 0 Å². The van der Waals surface area contributed by atoms with Crippen LogP contribution in [0.2, 0.25) is 5.15 Å². The first-order valence-corrected chi connectivity index (χ1v) is 4.83. The topological polar surface area (TPSA) is 48.4 Å². The number of hydrogen-bond acceptors (Lipinski definition) is 4. The summed E-state index contributed by atoms with van der Waals surface area (Å²) in [6.45, 7) is 3.72. The van der Waals surface area contributed by atoms with E-state index in [2.05, 4.69) is 9.72 Å². The van der Waals surface area contributed by atoms with E-state index >= 15 is 0 Å². The number of rotatable bonds is 3. The lowest BCUT2D eigenvalue weighted by Gasteiger charge is -2.09. The second-order valence-corrected chi connectivity index (χ2v) is 3.56. The zero-order valence-corrected chi connectivity index (χ0v) is 9.54. The maximum atomic E-state index is 11.2. The van der Waals surface area contributed by atoms with Gasteiger partial charge in [-0.05, 0) is 19.9 Å². The largest absolute Gasteiger partial charge is 0.475 e. The van der Waals surface area contributed by atoms with Gasteiger partial charge in [0.1, 0.15) is 5.15 Å². The highest BCUT2D eigenvalue weighted by Crippen LogP contribution is 2.17. The summed E-state index contributed by atoms with van der Waals surface area (Å²) in [7, 11) is 1.31. The summed E-state index contributed by atoms with van der Waals surface area (Å²) < 4.78 is 9.90. The number of aromatic nitrogens is 1. The number of pyridine rings is 1. The van der Waals surface area contributed by atoms with Crippen LogP contribution in [0.5, 0.6) is 5.88 Å². The van der Waals surface area contributed by atoms with Crippen molar-refractivity contribution in [3.63, 3.8) is 0 Å². The van der Waals surface area contributed by atoms with E-state index in [4.69, 9.17) is 16.3 Å². The van der Waals surface area contributed by atoms with Gasteiger partial charge in [0.25, 0.3) is 0 Å². The lowest BCUT2D eigenvalue weighted by molar-refractivity contribution is 0.0599. The number of halogens is 1. The Morgan fingerprint density at radius 3 is 2.67 bits per heavy atom. The van der Waals surface area contributed by atoms with Gasteiger partial charge < -0.3 is 9.47 Å². The van der Waals surface area contributed by atoms with E-state index < -0.39 is 5.97 Å². The number of ether oxygens (including phenoxy) is 2. The molecular formula is C10H12ClNO3. The van der Waals surface area contributed by atoms with Crippen LogP contribution >= 0.6 is 11.6 Å². The van der Waals surface area contributed by atoms with Crippen LogP contribution in [0.15, 0.2) is 12.1 Å². The molecule has 5 heteroatoms. The van der Waals surface area contributed by atoms with Gasteiger partial charge in [-0.15, -0.1) is 0 Å². The van der Waals surface area contributed by atoms with E-state index in [1.165, 1.54) is 19.2 Å². The minimum Gasteiger partial charge on any atom is -0.475 e. The molecule has 15 heavy (non-hydrogen) atoms. The number of carbonyl (C=O) groups excluding carboxylic acids is 1. The van der Waals surface area contributed by atoms with Crippen LogP contribution in [0.4, 0.5) is 0 Å². The maximum absolute atomic E-state index is 11.2. The molecule has 0 radical (unpaired) electrons. The molecule has 0 unspecified atom stereocenters. The fourth-order valence-corrected chi connectivity index (χ4v) is 1.21. The van der Waals surface area contributed by atoms with Crippen LogP contribution < -0.4 is 4.74 Å². The normalized spacial score (nSPS) is 10.2. The van der Waals surface area contributed by atoms with E-state index in [1.54, 1.807) is 0 Å². The molecule has 1 aromatic rings. The van der Waals surface area contributed by atoms with Crippen LogP contribution in [0.25, 0.3) is 0 Å². The summed E-state index contributed by atoms with van der Waals surface area (Å²) in [5.74, 6) is -0.147. The molecule has 0 amide bonds. The van der Waals surface area contributed by atoms with Crippen LogP contribution in [0.1, 0.15) is 24.2 Å². The highest BCUT2D eigenvalue weighted by molar-refractivity contribution is 6.29. The first-order valence-electron chi connectivity index (χ1n) is 4.45. The van der Waals surface area contributed by atoms with Crippen molar-refractivity contribution in [2.45, 2.75) is 20.0 Å². The lowest BCUT2D eigenvalue weighted by Crippen LogP contribution is -2.09. The fraction of sp³-hybridized carbons (Fsp3) is 0.400. The Balaban J connectivity index is 2.99. The molecule has 0 aliphatic carbocycles. The minimum absolute atomic E-state index is 0.0264. The van der Waals surface area contributed by atoms with Crippen molar-refractivity contribution in [1.29, 1.82) is 0 Å². The summed E-state index contributed by atoms with van der Waals surface area (Å²) in [6, 6.07) is 2.93. The van der Waals surface area contributed by atoms with Gasteiger partial charge in [-0.1, -0.05) is 11.6 Å². The first-order chi connectivity index (χ1) is 7.02. The van der Waals surface area contributed by atoms with Gasteiger partial charge in [-0.25, -0.2) is 9.78 Å². The van der Waals surface area contributed by atoms with Crippen molar-refractivity contribution in [2.24, 2.45) is 0 Å². The number of methoxy groups -OCH3 is 1. The molecule has 4 nitrogen and oxygen atoms in total. The van der Waals surface area contributed by atoms with E-state index in [1.807, 2.05) is 13.8 Å². The van der Waals surface area contributed by atoms with Gasteiger partial charge in [0.15, 0.2) is 0 Å². The van der Waals surface area contributed by atoms with Gasteiger partial charge in [0.05, 0.1) is 18.8 Å². The number of carbonyl (C=O) groups is 1. The zero-order valence-electron chi connectivity index (χ0n) is 8.78. The molecule has 0 N–H and O–H groups in total. The fourth-order valence-electron chi connectivity index (χ4n) is 1.01. The van der Waals surface area contributed by atoms with Crippen molar-refractivity contribution >= 4 is 17.6 Å². The quantitative estimate of drug-likeness (QED) is 0.590. The molecule has 82 valence electrons. The highest BCUT2D eigenvalue weighted by Gasteiger charge is 2.10. The monoisotopic (exact) mass is 229 g/mol. The van der Waals surface area contributed by atoms with Crippen LogP contribution in [-0.4, -0.2) is 24.2 Å². The molecule has 0 aromatic carbocycles. The van der Waals surface area contributed by atoms with Crippen LogP contribution in [0.3, 0.4) is 0 Å². The second kappa shape index (κ2) is 4.98. The average Bonchev–Trinajstić information content (AvgIpc) is 2.14. The van der Waals surface area contributed by atoms with Crippen molar-refractivity contribution in [3.8, 4) is 5.88 Å². The standard InChI is InChI=1S/C10H12ClNO3/c1-6(2)15-9-5-7(10(13)14-3)4-8(11)12-9/h4-6H,1-3H3. The molecule has 0 saturated heterocycles. The molecule has 0 bridgehead atoms. The van der Waals surface area contributed by atoms with E-state index in [0.29, 0.717) is 11.4 Å². The van der Waals surface area contributed by atoms with E-state index in [-0.39, 0.29) is 11.3 Å². The molecule has 1 rings (SSSR count). The molecule has 1 aromatic heterocycles. The van der Waals surface area contributed by atoms with Crippen molar-refractivity contribution in [1.82, 2.24) is 4.98 Å². The summed E-state index contributed by atoms with van der Waals surface area (Å²) in [6.07, 6.45) is -0.0264. The minimum atomic E-state index is -0.465. The van der Waals surface area contributed by atoms with Crippen LogP contribution in [-0.2, 0) is 4.74 Å². The highest BCUT2D eigenvalue weighted by atomic mass is 35.5. The Kier molecular flexibility index (Phi) is 3.91. The van der Waals surface area contributed by atoms with E-state index in [9.17, 15) is 4.79 Å². The van der Waals surface area contributed by atoms with Crippen molar-refractivity contribution in [2.75, 3.05) is 7.11 Å². The van der Waals surface area contributed by atoms with Crippen molar-refractivity contribution in [3.05, 3.63) is 22.8 Å². The molecule has 0 aliphatic rings. The second-order valence-electron chi connectivity index (χ2n) is 3.17. The van der Waals surface area contributed by atoms with Crippen LogP contribution in [0, 0.1) is 0 Å². The Labute approximate surface area is 93.2 Å². The average molecular weight is 230 g/mol. The Bertz CT molecular complexity index is 366.